The van der Waals surface area contributed by atoms with Crippen molar-refractivity contribution in [1.82, 2.24) is 0 Å². The van der Waals surface area contributed by atoms with Crippen LogP contribution in [-0.2, 0) is 33.4 Å². The van der Waals surface area contributed by atoms with Crippen LogP contribution < -0.4 is 18.9 Å². The minimum atomic E-state index is -2.11. The molecule has 11 heteroatoms. The quantitative estimate of drug-likeness (QED) is 0.0171. The maximum absolute atomic E-state index is 13.2. The van der Waals surface area contributed by atoms with Crippen LogP contribution >= 0.6 is 0 Å². The average molecular weight is 847 g/mol. The van der Waals surface area contributed by atoms with Gasteiger partial charge in [0.05, 0.1) is 30.2 Å². The molecule has 10 nitrogen and oxygen atoms in total. The molecule has 1 aliphatic carbocycles. The van der Waals surface area contributed by atoms with Gasteiger partial charge >= 0.3 is 18.9 Å². The summed E-state index contributed by atoms with van der Waals surface area (Å²) in [6.45, 7) is 20.8. The number of unbranched alkanes of at least 4 members (excludes halogenated alkanes) is 2. The molecule has 2 rings (SSSR count). The fraction of sp³-hybridized carbons (Fsp3) is 0.700. The van der Waals surface area contributed by atoms with Crippen molar-refractivity contribution in [3.8, 4) is 0 Å². The number of ether oxygens (including phenoxy) is 3. The minimum absolute atomic E-state index is 0. The van der Waals surface area contributed by atoms with E-state index in [1.54, 1.807) is 20.5 Å². The van der Waals surface area contributed by atoms with Crippen molar-refractivity contribution < 1.29 is 67.6 Å². The Morgan fingerprint density at radius 1 is 1.00 bits per heavy atom. The van der Waals surface area contributed by atoms with Crippen LogP contribution in [0.1, 0.15) is 145 Å². The number of aliphatic hydroxyl groups excluding tert-OH is 2. The van der Waals surface area contributed by atoms with E-state index in [-0.39, 0.29) is 79.0 Å². The smallest absolute Gasteiger partial charge is 0.485 e. The van der Waals surface area contributed by atoms with Gasteiger partial charge in [0, 0.05) is 25.4 Å². The van der Waals surface area contributed by atoms with Gasteiger partial charge in [-0.1, -0.05) is 76.6 Å². The second-order valence-corrected chi connectivity index (χ2v) is 18.2. The Morgan fingerprint density at radius 3 is 2.36 bits per heavy atom. The first kappa shape index (κ1) is 56.6. The van der Waals surface area contributed by atoms with E-state index in [1.165, 1.54) is 0 Å². The number of aliphatic hydroxyl groups is 3. The van der Waals surface area contributed by atoms with Crippen molar-refractivity contribution >= 4 is 23.3 Å². The Balaban J connectivity index is 0.0000186. The van der Waals surface area contributed by atoms with Crippen LogP contribution in [0.3, 0.4) is 0 Å². The molecule has 0 amide bonds. The molecule has 2 aliphatic rings. The van der Waals surface area contributed by atoms with E-state index in [9.17, 15) is 34.5 Å². The van der Waals surface area contributed by atoms with Gasteiger partial charge in [-0.2, -0.15) is 19.8 Å². The van der Waals surface area contributed by atoms with Crippen LogP contribution in [0.4, 0.5) is 0 Å². The van der Waals surface area contributed by atoms with E-state index >= 15 is 0 Å². The Labute approximate surface area is 381 Å². The predicted octanol–water partition coefficient (Wildman–Crippen LogP) is 5.97. The zero-order chi connectivity index (χ0) is 45.0. The second kappa shape index (κ2) is 29.1. The Hall–Kier alpha value is -2.42. The van der Waals surface area contributed by atoms with Gasteiger partial charge in [0.1, 0.15) is 17.7 Å². The maximum Gasteiger partial charge on any atom is 1.00 e. The number of esters is 1. The van der Waals surface area contributed by atoms with E-state index in [2.05, 4.69) is 40.7 Å². The average Bonchev–Trinajstić information content (AvgIpc) is 3.19. The molecule has 61 heavy (non-hydrogen) atoms. The summed E-state index contributed by atoms with van der Waals surface area (Å²) in [5, 5.41) is 32.0. The van der Waals surface area contributed by atoms with Gasteiger partial charge in [-0.15, -0.1) is 6.42 Å². The molecule has 0 aromatic heterocycles. The summed E-state index contributed by atoms with van der Waals surface area (Å²) in [7, 11) is 1.64. The Kier molecular flexibility index (Phi) is 27.0. The second-order valence-electron chi connectivity index (χ2n) is 18.2. The number of carbonyl (C=O) groups is 4. The standard InChI is InChI=1S/C50H79O10.Li/c1-11-12-14-19-48(55)59-46(38(7)30-41-23-26-43(52)47(31-41)58-10)27-21-35(4)29-37(6)45(54)32-44(53)36(5)28-34(3)18-16-13-15-17-33(2)20-24-42-25-22-39(8)50(57,60-42)49(56)40(9)51;/h13,15-19,29,34-36,38-39,41-43,45-47,52,54,57H,1,9,11-12,14,20-28,30-32H2,2-8,10H3;/q-3;+1/b15-13+,18-16+,33-17+,37-29+;/t34-,35+,36-,38-,39-,41+,42-,43-,45+,46+,47-,50-;/m1./s1. The van der Waals surface area contributed by atoms with Crippen molar-refractivity contribution in [2.45, 2.75) is 181 Å². The molecule has 0 spiro atoms. The third kappa shape index (κ3) is 20.3. The van der Waals surface area contributed by atoms with Gasteiger partial charge in [0.25, 0.3) is 0 Å². The number of carbonyl (C=O) groups excluding carboxylic acids is 4. The molecule has 0 radical (unpaired) electrons. The van der Waals surface area contributed by atoms with Gasteiger partial charge in [0.2, 0.25) is 0 Å². The van der Waals surface area contributed by atoms with Crippen molar-refractivity contribution in [1.29, 1.82) is 0 Å². The third-order valence-corrected chi connectivity index (χ3v) is 12.6. The van der Waals surface area contributed by atoms with Crippen molar-refractivity contribution in [2.75, 3.05) is 7.11 Å². The predicted molar refractivity (Wildman–Crippen MR) is 237 cm³/mol. The first-order chi connectivity index (χ1) is 28.3. The molecule has 0 bridgehead atoms. The molecule has 342 valence electrons. The molecular formula is C50H79LiO10-2. The van der Waals surface area contributed by atoms with E-state index in [0.29, 0.717) is 57.3 Å². The molecule has 2 fully saturated rings. The van der Waals surface area contributed by atoms with Crippen molar-refractivity contribution in [3.63, 3.8) is 0 Å². The molecule has 12 atom stereocenters. The first-order valence-corrected chi connectivity index (χ1v) is 22.5. The van der Waals surface area contributed by atoms with E-state index in [0.717, 1.165) is 49.7 Å². The molecule has 0 unspecified atom stereocenters. The van der Waals surface area contributed by atoms with Gasteiger partial charge in [-0.3, -0.25) is 16.0 Å². The van der Waals surface area contributed by atoms with Crippen LogP contribution in [0, 0.1) is 55.8 Å². The summed E-state index contributed by atoms with van der Waals surface area (Å²) in [5.41, 5.74) is 1.88. The van der Waals surface area contributed by atoms with Gasteiger partial charge in [-0.25, -0.2) is 0 Å². The minimum Gasteiger partial charge on any atom is -0.485 e. The van der Waals surface area contributed by atoms with E-state index in [4.69, 9.17) is 14.2 Å². The van der Waals surface area contributed by atoms with Crippen LogP contribution in [0.25, 0.3) is 0 Å². The third-order valence-electron chi connectivity index (χ3n) is 12.6. The number of methoxy groups -OCH3 is 1. The van der Waals surface area contributed by atoms with Crippen LogP contribution in [-0.4, -0.2) is 82.1 Å². The van der Waals surface area contributed by atoms with Crippen molar-refractivity contribution in [2.24, 2.45) is 35.5 Å². The summed E-state index contributed by atoms with van der Waals surface area (Å²) in [4.78, 5) is 49.7. The Bertz CT molecular complexity index is 1470. The summed E-state index contributed by atoms with van der Waals surface area (Å²) in [5.74, 6) is -4.22. The van der Waals surface area contributed by atoms with Gasteiger partial charge in [0.15, 0.2) is 11.8 Å². The van der Waals surface area contributed by atoms with Gasteiger partial charge in [-0.05, 0) is 114 Å². The van der Waals surface area contributed by atoms with Crippen LogP contribution in [0.2, 0.25) is 0 Å². The molecular weight excluding hydrogens is 767 g/mol. The molecule has 1 heterocycles. The topological polar surface area (TPSA) is 157 Å². The molecule has 0 aromatic rings. The summed E-state index contributed by atoms with van der Waals surface area (Å²) >= 11 is 0. The summed E-state index contributed by atoms with van der Waals surface area (Å²) in [6.07, 6.45) is 21.8. The van der Waals surface area contributed by atoms with E-state index < -0.39 is 35.5 Å². The van der Waals surface area contributed by atoms with Crippen LogP contribution in [0.15, 0.2) is 47.6 Å². The van der Waals surface area contributed by atoms with Crippen molar-refractivity contribution in [3.05, 3.63) is 67.9 Å². The number of allylic oxidation sites excluding steroid dienone is 7. The van der Waals surface area contributed by atoms with Crippen LogP contribution in [0.5, 0.6) is 0 Å². The number of hydrogen-bond donors (Lipinski definition) is 3. The first-order valence-electron chi connectivity index (χ1n) is 22.5. The maximum atomic E-state index is 13.2. The number of Topliss-reactive ketones (excluding diaryl/α,β-unsaturated/α-hetero) is 3. The molecule has 1 saturated carbocycles. The normalized spacial score (nSPS) is 26.8. The van der Waals surface area contributed by atoms with E-state index in [1.807, 2.05) is 51.2 Å². The fourth-order valence-corrected chi connectivity index (χ4v) is 8.50. The monoisotopic (exact) mass is 847 g/mol. The Morgan fingerprint density at radius 2 is 1.70 bits per heavy atom. The molecule has 1 saturated heterocycles. The molecule has 0 aromatic carbocycles. The zero-order valence-corrected chi connectivity index (χ0v) is 39.1. The number of rotatable bonds is 27. The molecule has 1 aliphatic heterocycles. The number of hydrogen-bond acceptors (Lipinski definition) is 10. The summed E-state index contributed by atoms with van der Waals surface area (Å²) in [6, 6.07) is 0. The SMILES string of the molecule is [CH2-]CCC[CH-]C(=O)O[C@@H](CC[C@H](C)/C=C(\C)[C@@H](O)CC(=O)[C@H](C)C[C@H](C)/C=C/C=C/C=C(\C)CC[C@@H]1CC[C@@H](C)[C@](O)(C(=O)C([CH2-])=O)O1)[C@H](C)C[C@@H]1CC[C@@H](O)[C@H](OC)C1.[Li+]. The summed E-state index contributed by atoms with van der Waals surface area (Å²) < 4.78 is 17.3. The number of ketones is 3. The van der Waals surface area contributed by atoms with Gasteiger partial charge < -0.3 is 46.0 Å². The zero-order valence-electron chi connectivity index (χ0n) is 39.1. The molecule has 3 N–H and O–H groups in total. The fourth-order valence-electron chi connectivity index (χ4n) is 8.50. The largest absolute Gasteiger partial charge is 1.00 e.